The van der Waals surface area contributed by atoms with Gasteiger partial charge in [-0.05, 0) is 37.7 Å². The largest absolute Gasteiger partial charge is 0.299 e. The average Bonchev–Trinajstić information content (AvgIpc) is 2.28. The van der Waals surface area contributed by atoms with Crippen molar-refractivity contribution in [3.63, 3.8) is 0 Å². The lowest BCUT2D eigenvalue weighted by Crippen LogP contribution is -2.24. The minimum Gasteiger partial charge on any atom is -0.299 e. The molecule has 90 valence electrons. The third kappa shape index (κ3) is 4.52. The van der Waals surface area contributed by atoms with Crippen LogP contribution < -0.4 is 0 Å². The molecular formula is C12H16Br2FN. The molecule has 4 heteroatoms. The zero-order valence-corrected chi connectivity index (χ0v) is 12.5. The molecule has 0 aliphatic carbocycles. The Morgan fingerprint density at radius 1 is 1.38 bits per heavy atom. The summed E-state index contributed by atoms with van der Waals surface area (Å²) in [5, 5.41) is 0.991. The number of hydrogen-bond donors (Lipinski definition) is 0. The standard InChI is InChI=1S/C12H16Br2FN/c1-2-16(7-3-6-13)9-10-8-11(14)4-5-12(10)15/h4-5,8H,2-3,6-7,9H2,1H3. The Balaban J connectivity index is 2.65. The molecule has 0 atom stereocenters. The highest BCUT2D eigenvalue weighted by Gasteiger charge is 2.08. The van der Waals surface area contributed by atoms with Crippen LogP contribution in [-0.2, 0) is 6.54 Å². The van der Waals surface area contributed by atoms with Crippen LogP contribution in [0.25, 0.3) is 0 Å². The Hall–Kier alpha value is 0.0700. The van der Waals surface area contributed by atoms with E-state index in [9.17, 15) is 4.39 Å². The van der Waals surface area contributed by atoms with Crippen molar-refractivity contribution in [1.29, 1.82) is 0 Å². The van der Waals surface area contributed by atoms with Gasteiger partial charge in [-0.1, -0.05) is 38.8 Å². The van der Waals surface area contributed by atoms with E-state index in [2.05, 4.69) is 43.7 Å². The normalized spacial score (nSPS) is 11.1. The van der Waals surface area contributed by atoms with Gasteiger partial charge in [0.05, 0.1) is 0 Å². The lowest BCUT2D eigenvalue weighted by molar-refractivity contribution is 0.277. The first-order chi connectivity index (χ1) is 7.67. The quantitative estimate of drug-likeness (QED) is 0.693. The second kappa shape index (κ2) is 7.41. The van der Waals surface area contributed by atoms with Gasteiger partial charge in [0.2, 0.25) is 0 Å². The lowest BCUT2D eigenvalue weighted by Gasteiger charge is -2.20. The van der Waals surface area contributed by atoms with Gasteiger partial charge in [0.25, 0.3) is 0 Å². The molecule has 0 aliphatic rings. The second-order valence-electron chi connectivity index (χ2n) is 3.65. The van der Waals surface area contributed by atoms with Crippen LogP contribution in [0.5, 0.6) is 0 Å². The minimum absolute atomic E-state index is 0.125. The summed E-state index contributed by atoms with van der Waals surface area (Å²) in [6, 6.07) is 5.09. The SMILES string of the molecule is CCN(CCCBr)Cc1cc(Br)ccc1F. The molecule has 16 heavy (non-hydrogen) atoms. The number of hydrogen-bond acceptors (Lipinski definition) is 1. The van der Waals surface area contributed by atoms with Gasteiger partial charge < -0.3 is 0 Å². The molecule has 0 radical (unpaired) electrons. The predicted octanol–water partition coefficient (Wildman–Crippen LogP) is 4.20. The van der Waals surface area contributed by atoms with Crippen LogP contribution in [0.3, 0.4) is 0 Å². The highest BCUT2D eigenvalue weighted by molar-refractivity contribution is 9.10. The molecule has 0 bridgehead atoms. The van der Waals surface area contributed by atoms with Crippen LogP contribution in [0.15, 0.2) is 22.7 Å². The molecule has 1 rings (SSSR count). The summed E-state index contributed by atoms with van der Waals surface area (Å²) in [7, 11) is 0. The van der Waals surface area contributed by atoms with Crippen LogP contribution >= 0.6 is 31.9 Å². The number of alkyl halides is 1. The van der Waals surface area contributed by atoms with Crippen LogP contribution in [0.4, 0.5) is 4.39 Å². The minimum atomic E-state index is -0.125. The van der Waals surface area contributed by atoms with E-state index in [1.165, 1.54) is 6.07 Å². The average molecular weight is 353 g/mol. The smallest absolute Gasteiger partial charge is 0.127 e. The summed E-state index contributed by atoms with van der Waals surface area (Å²) < 4.78 is 14.5. The molecule has 0 aromatic heterocycles. The third-order valence-corrected chi connectivity index (χ3v) is 3.51. The monoisotopic (exact) mass is 351 g/mol. The molecule has 0 heterocycles. The van der Waals surface area contributed by atoms with Gasteiger partial charge in [-0.15, -0.1) is 0 Å². The Morgan fingerprint density at radius 3 is 2.75 bits per heavy atom. The van der Waals surface area contributed by atoms with Crippen molar-refractivity contribution in [2.75, 3.05) is 18.4 Å². The highest BCUT2D eigenvalue weighted by atomic mass is 79.9. The van der Waals surface area contributed by atoms with E-state index >= 15 is 0 Å². The molecule has 0 fully saturated rings. The summed E-state index contributed by atoms with van der Waals surface area (Å²) in [5.41, 5.74) is 0.755. The van der Waals surface area contributed by atoms with Gasteiger partial charge >= 0.3 is 0 Å². The Morgan fingerprint density at radius 2 is 2.12 bits per heavy atom. The summed E-state index contributed by atoms with van der Waals surface area (Å²) in [4.78, 5) is 2.24. The maximum atomic E-state index is 13.5. The van der Waals surface area contributed by atoms with Gasteiger partial charge in [-0.2, -0.15) is 0 Å². The van der Waals surface area contributed by atoms with Crippen molar-refractivity contribution >= 4 is 31.9 Å². The van der Waals surface area contributed by atoms with Crippen LogP contribution in [0, 0.1) is 5.82 Å². The first-order valence-electron chi connectivity index (χ1n) is 5.39. The Labute approximate surface area is 113 Å². The number of nitrogens with zero attached hydrogens (tertiary/aromatic N) is 1. The first-order valence-corrected chi connectivity index (χ1v) is 7.31. The fraction of sp³-hybridized carbons (Fsp3) is 0.500. The second-order valence-corrected chi connectivity index (χ2v) is 5.36. The molecule has 0 N–H and O–H groups in total. The molecule has 0 amide bonds. The molecule has 0 spiro atoms. The molecule has 0 saturated carbocycles. The first kappa shape index (κ1) is 14.1. The fourth-order valence-corrected chi connectivity index (χ4v) is 2.20. The van der Waals surface area contributed by atoms with Gasteiger partial charge in [-0.3, -0.25) is 4.90 Å². The summed E-state index contributed by atoms with van der Waals surface area (Å²) >= 11 is 6.78. The fourth-order valence-electron chi connectivity index (χ4n) is 1.54. The lowest BCUT2D eigenvalue weighted by atomic mass is 10.2. The Bertz CT molecular complexity index is 331. The van der Waals surface area contributed by atoms with Crippen molar-refractivity contribution in [1.82, 2.24) is 4.90 Å². The number of benzene rings is 1. The summed E-state index contributed by atoms with van der Waals surface area (Å²) in [6.07, 6.45) is 1.09. The van der Waals surface area contributed by atoms with E-state index in [1.807, 2.05) is 6.07 Å². The van der Waals surface area contributed by atoms with Crippen LogP contribution in [-0.4, -0.2) is 23.3 Å². The zero-order valence-electron chi connectivity index (χ0n) is 9.35. The zero-order chi connectivity index (χ0) is 12.0. The van der Waals surface area contributed by atoms with Crippen molar-refractivity contribution < 1.29 is 4.39 Å². The maximum Gasteiger partial charge on any atom is 0.127 e. The van der Waals surface area contributed by atoms with E-state index in [4.69, 9.17) is 0 Å². The van der Waals surface area contributed by atoms with Crippen LogP contribution in [0.2, 0.25) is 0 Å². The van der Waals surface area contributed by atoms with Gasteiger partial charge in [0.1, 0.15) is 5.82 Å². The summed E-state index contributed by atoms with van der Waals surface area (Å²) in [6.45, 7) is 4.71. The van der Waals surface area contributed by atoms with Crippen LogP contribution in [0.1, 0.15) is 18.9 Å². The molecule has 1 aromatic carbocycles. The van der Waals surface area contributed by atoms with Gasteiger partial charge in [0.15, 0.2) is 0 Å². The predicted molar refractivity (Wildman–Crippen MR) is 73.5 cm³/mol. The number of halogens is 3. The van der Waals surface area contributed by atoms with E-state index in [0.717, 1.165) is 34.9 Å². The Kier molecular flexibility index (Phi) is 6.54. The topological polar surface area (TPSA) is 3.24 Å². The van der Waals surface area contributed by atoms with Crippen molar-refractivity contribution in [3.8, 4) is 0 Å². The molecule has 0 unspecified atom stereocenters. The maximum absolute atomic E-state index is 13.5. The van der Waals surface area contributed by atoms with E-state index in [-0.39, 0.29) is 5.82 Å². The molecular weight excluding hydrogens is 337 g/mol. The van der Waals surface area contributed by atoms with Crippen molar-refractivity contribution in [2.24, 2.45) is 0 Å². The van der Waals surface area contributed by atoms with Gasteiger partial charge in [0, 0.05) is 21.9 Å². The van der Waals surface area contributed by atoms with E-state index in [0.29, 0.717) is 6.54 Å². The van der Waals surface area contributed by atoms with Crippen molar-refractivity contribution in [3.05, 3.63) is 34.1 Å². The van der Waals surface area contributed by atoms with Crippen molar-refractivity contribution in [2.45, 2.75) is 19.9 Å². The third-order valence-electron chi connectivity index (χ3n) is 2.46. The van der Waals surface area contributed by atoms with E-state index < -0.39 is 0 Å². The number of rotatable bonds is 6. The molecule has 1 nitrogen and oxygen atoms in total. The molecule has 0 aliphatic heterocycles. The molecule has 1 aromatic rings. The van der Waals surface area contributed by atoms with Gasteiger partial charge in [-0.25, -0.2) is 4.39 Å². The summed E-state index contributed by atoms with van der Waals surface area (Å²) in [5.74, 6) is -0.125. The van der Waals surface area contributed by atoms with E-state index in [1.54, 1.807) is 6.07 Å². The molecule has 0 saturated heterocycles. The highest BCUT2D eigenvalue weighted by Crippen LogP contribution is 2.17.